The number of halogens is 1. The first-order chi connectivity index (χ1) is 9.91. The van der Waals surface area contributed by atoms with Crippen molar-refractivity contribution in [3.63, 3.8) is 0 Å². The number of aromatic nitrogens is 2. The third-order valence-corrected chi connectivity index (χ3v) is 5.54. The molecular formula is C14H24BrN5O. The zero-order valence-corrected chi connectivity index (χ0v) is 14.5. The van der Waals surface area contributed by atoms with Gasteiger partial charge in [0.1, 0.15) is 5.84 Å². The summed E-state index contributed by atoms with van der Waals surface area (Å²) in [5, 5.41) is 16.6. The minimum Gasteiger partial charge on any atom is -0.409 e. The fraction of sp³-hybridized carbons (Fsp3) is 0.714. The number of piperidine rings is 1. The average Bonchev–Trinajstić information content (AvgIpc) is 2.76. The van der Waals surface area contributed by atoms with Gasteiger partial charge in [0.25, 0.3) is 0 Å². The molecule has 0 saturated carbocycles. The monoisotopic (exact) mass is 357 g/mol. The van der Waals surface area contributed by atoms with Crippen LogP contribution in [0.2, 0.25) is 0 Å². The standard InChI is InChI=1S/C14H24BrN5O/c1-4-20-11(12(15)10(2)17-20)9-19-7-5-14(3,6-8-19)13(16)18-21/h21H,4-9H2,1-3H3,(H2,16,18). The van der Waals surface area contributed by atoms with Crippen molar-refractivity contribution >= 4 is 21.8 Å². The number of hydrogen-bond acceptors (Lipinski definition) is 4. The van der Waals surface area contributed by atoms with Crippen LogP contribution in [0.4, 0.5) is 0 Å². The number of aryl methyl sites for hydroxylation is 2. The maximum Gasteiger partial charge on any atom is 0.145 e. The molecule has 2 rings (SSSR count). The zero-order chi connectivity index (χ0) is 15.6. The molecule has 1 aliphatic rings. The number of nitrogens with zero attached hydrogens (tertiary/aromatic N) is 4. The Hall–Kier alpha value is -1.08. The van der Waals surface area contributed by atoms with Gasteiger partial charge in [-0.1, -0.05) is 12.1 Å². The zero-order valence-electron chi connectivity index (χ0n) is 12.9. The molecule has 0 unspecified atom stereocenters. The molecule has 0 aromatic carbocycles. The van der Waals surface area contributed by atoms with Crippen molar-refractivity contribution in [1.82, 2.24) is 14.7 Å². The van der Waals surface area contributed by atoms with Gasteiger partial charge in [-0.05, 0) is 55.7 Å². The van der Waals surface area contributed by atoms with Crippen molar-refractivity contribution in [3.05, 3.63) is 15.9 Å². The number of amidine groups is 1. The first kappa shape index (κ1) is 16.3. The highest BCUT2D eigenvalue weighted by atomic mass is 79.9. The van der Waals surface area contributed by atoms with Crippen LogP contribution in [-0.2, 0) is 13.1 Å². The SMILES string of the molecule is CCn1nc(C)c(Br)c1CN1CCC(C)(C(N)=NO)CC1. The second kappa shape index (κ2) is 6.36. The van der Waals surface area contributed by atoms with E-state index in [2.05, 4.69) is 49.6 Å². The van der Waals surface area contributed by atoms with Crippen molar-refractivity contribution in [3.8, 4) is 0 Å². The molecule has 0 amide bonds. The number of nitrogens with two attached hydrogens (primary N) is 1. The maximum absolute atomic E-state index is 8.89. The van der Waals surface area contributed by atoms with E-state index in [-0.39, 0.29) is 5.41 Å². The Morgan fingerprint density at radius 3 is 2.62 bits per heavy atom. The van der Waals surface area contributed by atoms with Crippen molar-refractivity contribution < 1.29 is 5.21 Å². The van der Waals surface area contributed by atoms with E-state index in [9.17, 15) is 0 Å². The normalized spacial score (nSPS) is 19.9. The molecule has 1 aliphatic heterocycles. The second-order valence-corrected chi connectivity index (χ2v) is 6.78. The van der Waals surface area contributed by atoms with Gasteiger partial charge < -0.3 is 10.9 Å². The largest absolute Gasteiger partial charge is 0.409 e. The van der Waals surface area contributed by atoms with Crippen LogP contribution in [0.5, 0.6) is 0 Å². The quantitative estimate of drug-likeness (QED) is 0.375. The van der Waals surface area contributed by atoms with Crippen LogP contribution in [0.25, 0.3) is 0 Å². The summed E-state index contributed by atoms with van der Waals surface area (Å²) >= 11 is 3.64. The van der Waals surface area contributed by atoms with Crippen LogP contribution >= 0.6 is 15.9 Å². The summed E-state index contributed by atoms with van der Waals surface area (Å²) in [4.78, 5) is 2.40. The molecule has 0 radical (unpaired) electrons. The lowest BCUT2D eigenvalue weighted by Crippen LogP contribution is -2.45. The summed E-state index contributed by atoms with van der Waals surface area (Å²) < 4.78 is 3.16. The molecule has 0 spiro atoms. The highest BCUT2D eigenvalue weighted by Gasteiger charge is 2.34. The van der Waals surface area contributed by atoms with Gasteiger partial charge in [-0.2, -0.15) is 5.10 Å². The van der Waals surface area contributed by atoms with E-state index in [0.29, 0.717) is 5.84 Å². The van der Waals surface area contributed by atoms with Crippen molar-refractivity contribution in [2.75, 3.05) is 13.1 Å². The van der Waals surface area contributed by atoms with E-state index in [1.807, 2.05) is 6.92 Å². The molecular weight excluding hydrogens is 334 g/mol. The summed E-state index contributed by atoms with van der Waals surface area (Å²) in [7, 11) is 0. The lowest BCUT2D eigenvalue weighted by atomic mass is 9.79. The second-order valence-electron chi connectivity index (χ2n) is 5.98. The summed E-state index contributed by atoms with van der Waals surface area (Å²) in [5.41, 5.74) is 7.88. The lowest BCUT2D eigenvalue weighted by Gasteiger charge is -2.38. The average molecular weight is 358 g/mol. The maximum atomic E-state index is 8.89. The molecule has 1 aromatic heterocycles. The van der Waals surface area contributed by atoms with Crippen LogP contribution in [0, 0.1) is 12.3 Å². The minimum absolute atomic E-state index is 0.191. The van der Waals surface area contributed by atoms with Crippen LogP contribution < -0.4 is 5.73 Å². The molecule has 3 N–H and O–H groups in total. The van der Waals surface area contributed by atoms with Crippen molar-refractivity contribution in [1.29, 1.82) is 0 Å². The number of oxime groups is 1. The van der Waals surface area contributed by atoms with Gasteiger partial charge in [-0.25, -0.2) is 0 Å². The Morgan fingerprint density at radius 1 is 1.48 bits per heavy atom. The molecule has 7 heteroatoms. The van der Waals surface area contributed by atoms with Gasteiger partial charge in [0.05, 0.1) is 15.9 Å². The molecule has 6 nitrogen and oxygen atoms in total. The van der Waals surface area contributed by atoms with Crippen LogP contribution in [-0.4, -0.2) is 38.8 Å². The third kappa shape index (κ3) is 3.23. The summed E-state index contributed by atoms with van der Waals surface area (Å²) in [6.07, 6.45) is 1.81. The predicted molar refractivity (Wildman–Crippen MR) is 86.4 cm³/mol. The molecule has 2 heterocycles. The minimum atomic E-state index is -0.191. The Labute approximate surface area is 134 Å². The van der Waals surface area contributed by atoms with E-state index in [4.69, 9.17) is 10.9 Å². The Bertz CT molecular complexity index is 532. The fourth-order valence-corrected chi connectivity index (χ4v) is 3.22. The summed E-state index contributed by atoms with van der Waals surface area (Å²) in [6.45, 7) is 9.81. The molecule has 1 saturated heterocycles. The fourth-order valence-electron chi connectivity index (χ4n) is 2.81. The summed E-state index contributed by atoms with van der Waals surface area (Å²) in [6, 6.07) is 0. The van der Waals surface area contributed by atoms with Crippen LogP contribution in [0.3, 0.4) is 0 Å². The lowest BCUT2D eigenvalue weighted by molar-refractivity contribution is 0.149. The topological polar surface area (TPSA) is 79.7 Å². The Kier molecular flexibility index (Phi) is 4.93. The molecule has 0 aliphatic carbocycles. The van der Waals surface area contributed by atoms with Crippen LogP contribution in [0.15, 0.2) is 9.63 Å². The Balaban J connectivity index is 2.05. The van der Waals surface area contributed by atoms with Crippen LogP contribution in [0.1, 0.15) is 38.1 Å². The summed E-state index contributed by atoms with van der Waals surface area (Å²) in [5.74, 6) is 0.345. The van der Waals surface area contributed by atoms with Gasteiger partial charge in [-0.3, -0.25) is 9.58 Å². The van der Waals surface area contributed by atoms with Gasteiger partial charge >= 0.3 is 0 Å². The Morgan fingerprint density at radius 2 is 2.10 bits per heavy atom. The molecule has 118 valence electrons. The van der Waals surface area contributed by atoms with Gasteiger partial charge in [0.15, 0.2) is 0 Å². The first-order valence-corrected chi connectivity index (χ1v) is 8.12. The highest BCUT2D eigenvalue weighted by molar-refractivity contribution is 9.10. The van der Waals surface area contributed by atoms with Crippen molar-refractivity contribution in [2.45, 2.75) is 46.7 Å². The van der Waals surface area contributed by atoms with E-state index < -0.39 is 0 Å². The van der Waals surface area contributed by atoms with Gasteiger partial charge in [-0.15, -0.1) is 0 Å². The molecule has 0 bridgehead atoms. The highest BCUT2D eigenvalue weighted by Crippen LogP contribution is 2.32. The number of hydrogen-bond donors (Lipinski definition) is 2. The van der Waals surface area contributed by atoms with Gasteiger partial charge in [0, 0.05) is 18.5 Å². The van der Waals surface area contributed by atoms with E-state index in [0.717, 1.165) is 49.2 Å². The predicted octanol–water partition coefficient (Wildman–Crippen LogP) is 2.32. The molecule has 0 atom stereocenters. The van der Waals surface area contributed by atoms with Crippen molar-refractivity contribution in [2.24, 2.45) is 16.3 Å². The van der Waals surface area contributed by atoms with E-state index in [1.165, 1.54) is 5.69 Å². The number of rotatable bonds is 4. The van der Waals surface area contributed by atoms with E-state index >= 15 is 0 Å². The molecule has 21 heavy (non-hydrogen) atoms. The third-order valence-electron chi connectivity index (χ3n) is 4.51. The number of likely N-dealkylation sites (tertiary alicyclic amines) is 1. The molecule has 1 fully saturated rings. The van der Waals surface area contributed by atoms with E-state index in [1.54, 1.807) is 0 Å². The smallest absolute Gasteiger partial charge is 0.145 e. The first-order valence-electron chi connectivity index (χ1n) is 7.33. The van der Waals surface area contributed by atoms with Gasteiger partial charge in [0.2, 0.25) is 0 Å². The molecule has 1 aromatic rings.